The summed E-state index contributed by atoms with van der Waals surface area (Å²) in [6, 6.07) is 19.7. The molecule has 0 radical (unpaired) electrons. The maximum absolute atomic E-state index is 13.2. The van der Waals surface area contributed by atoms with Crippen molar-refractivity contribution in [2.75, 3.05) is 26.3 Å². The van der Waals surface area contributed by atoms with E-state index >= 15 is 0 Å². The van der Waals surface area contributed by atoms with E-state index in [0.717, 1.165) is 17.2 Å². The van der Waals surface area contributed by atoms with Crippen molar-refractivity contribution in [1.82, 2.24) is 4.31 Å². The van der Waals surface area contributed by atoms with Crippen molar-refractivity contribution in [1.29, 1.82) is 5.26 Å². The van der Waals surface area contributed by atoms with E-state index in [0.29, 0.717) is 11.3 Å². The highest BCUT2D eigenvalue weighted by Crippen LogP contribution is 2.35. The molecule has 1 aliphatic heterocycles. The van der Waals surface area contributed by atoms with Gasteiger partial charge in [0, 0.05) is 25.2 Å². The third-order valence-electron chi connectivity index (χ3n) is 5.16. The molecule has 0 atom stereocenters. The third-order valence-corrected chi connectivity index (χ3v) is 7.08. The number of nitro groups is 1. The first-order valence-corrected chi connectivity index (χ1v) is 11.5. The van der Waals surface area contributed by atoms with Crippen LogP contribution in [0.3, 0.4) is 0 Å². The molecular formula is C23H19N3O6S. The Balaban J connectivity index is 1.64. The van der Waals surface area contributed by atoms with Crippen LogP contribution < -0.4 is 4.74 Å². The second kappa shape index (κ2) is 9.38. The molecule has 0 bridgehead atoms. The lowest BCUT2D eigenvalue weighted by atomic mass is 10.0. The van der Waals surface area contributed by atoms with Crippen molar-refractivity contribution in [2.24, 2.45) is 0 Å². The zero-order valence-electron chi connectivity index (χ0n) is 17.4. The van der Waals surface area contributed by atoms with Gasteiger partial charge in [-0.3, -0.25) is 10.1 Å². The molecule has 3 aromatic rings. The monoisotopic (exact) mass is 465 g/mol. The van der Waals surface area contributed by atoms with Crippen LogP contribution in [0.5, 0.6) is 11.5 Å². The molecule has 168 valence electrons. The molecule has 3 aromatic carbocycles. The number of non-ortho nitro benzene ring substituents is 1. The van der Waals surface area contributed by atoms with Crippen molar-refractivity contribution >= 4 is 15.7 Å². The standard InChI is InChI=1S/C23H19N3O6S/c24-16-17-1-3-18(4-2-17)19-5-8-21(9-6-19)32-22-10-7-20(26(27)28)15-23(22)33(29,30)25-11-13-31-14-12-25/h1-10,15H,11-14H2. The molecule has 0 unspecified atom stereocenters. The van der Waals surface area contributed by atoms with Crippen molar-refractivity contribution in [3.8, 4) is 28.7 Å². The summed E-state index contributed by atoms with van der Waals surface area (Å²) >= 11 is 0. The number of rotatable bonds is 6. The Bertz CT molecular complexity index is 1310. The van der Waals surface area contributed by atoms with E-state index in [2.05, 4.69) is 6.07 Å². The lowest BCUT2D eigenvalue weighted by Gasteiger charge is -2.26. The van der Waals surface area contributed by atoms with E-state index in [1.54, 1.807) is 36.4 Å². The van der Waals surface area contributed by atoms with E-state index in [1.807, 2.05) is 12.1 Å². The Morgan fingerprint density at radius 2 is 1.58 bits per heavy atom. The SMILES string of the molecule is N#Cc1ccc(-c2ccc(Oc3ccc([N+](=O)[O-])cc3S(=O)(=O)N3CCOCC3)cc2)cc1. The van der Waals surface area contributed by atoms with Crippen LogP contribution in [0.1, 0.15) is 5.56 Å². The summed E-state index contributed by atoms with van der Waals surface area (Å²) in [6.45, 7) is 0.815. The summed E-state index contributed by atoms with van der Waals surface area (Å²) in [6.07, 6.45) is 0. The van der Waals surface area contributed by atoms with Crippen molar-refractivity contribution in [3.05, 3.63) is 82.4 Å². The fraction of sp³-hybridized carbons (Fsp3) is 0.174. The number of benzene rings is 3. The molecule has 0 aliphatic carbocycles. The first-order valence-electron chi connectivity index (χ1n) is 10.0. The van der Waals surface area contributed by atoms with Gasteiger partial charge in [-0.25, -0.2) is 8.42 Å². The van der Waals surface area contributed by atoms with Gasteiger partial charge in [-0.15, -0.1) is 0 Å². The minimum atomic E-state index is -4.03. The van der Waals surface area contributed by atoms with E-state index in [4.69, 9.17) is 14.7 Å². The molecule has 0 amide bonds. The number of sulfonamides is 1. The summed E-state index contributed by atoms with van der Waals surface area (Å²) in [7, 11) is -4.03. The van der Waals surface area contributed by atoms with E-state index in [1.165, 1.54) is 16.4 Å². The molecule has 0 saturated carbocycles. The van der Waals surface area contributed by atoms with Gasteiger partial charge in [0.15, 0.2) is 0 Å². The number of nitrogens with zero attached hydrogens (tertiary/aromatic N) is 3. The first kappa shape index (κ1) is 22.4. The highest BCUT2D eigenvalue weighted by atomic mass is 32.2. The van der Waals surface area contributed by atoms with Gasteiger partial charge in [-0.2, -0.15) is 9.57 Å². The first-order chi connectivity index (χ1) is 15.9. The number of nitro benzene ring substituents is 1. The van der Waals surface area contributed by atoms with Crippen LogP contribution in [-0.2, 0) is 14.8 Å². The summed E-state index contributed by atoms with van der Waals surface area (Å²) in [4.78, 5) is 10.3. The second-order valence-corrected chi connectivity index (χ2v) is 9.13. The summed E-state index contributed by atoms with van der Waals surface area (Å²) in [5.41, 5.74) is 2.01. The normalized spacial score (nSPS) is 14.4. The van der Waals surface area contributed by atoms with Crippen LogP contribution in [0.4, 0.5) is 5.69 Å². The number of nitriles is 1. The van der Waals surface area contributed by atoms with Crippen LogP contribution in [-0.4, -0.2) is 43.9 Å². The number of hydrogen-bond acceptors (Lipinski definition) is 7. The van der Waals surface area contributed by atoms with Crippen LogP contribution in [0.25, 0.3) is 11.1 Å². The molecule has 0 aromatic heterocycles. The second-order valence-electron chi connectivity index (χ2n) is 7.22. The molecule has 1 aliphatic rings. The fourth-order valence-electron chi connectivity index (χ4n) is 3.40. The number of ether oxygens (including phenoxy) is 2. The summed E-state index contributed by atoms with van der Waals surface area (Å²) < 4.78 is 38.7. The van der Waals surface area contributed by atoms with Crippen LogP contribution in [0.2, 0.25) is 0 Å². The van der Waals surface area contributed by atoms with Crippen molar-refractivity contribution < 1.29 is 22.8 Å². The number of hydrogen-bond donors (Lipinski definition) is 0. The molecule has 0 N–H and O–H groups in total. The Labute approximate surface area is 190 Å². The zero-order chi connectivity index (χ0) is 23.4. The molecule has 10 heteroatoms. The predicted octanol–water partition coefficient (Wildman–Crippen LogP) is 3.95. The number of morpholine rings is 1. The molecule has 9 nitrogen and oxygen atoms in total. The van der Waals surface area contributed by atoms with Gasteiger partial charge in [0.2, 0.25) is 10.0 Å². The van der Waals surface area contributed by atoms with Crippen LogP contribution in [0, 0.1) is 21.4 Å². The van der Waals surface area contributed by atoms with E-state index in [9.17, 15) is 18.5 Å². The Kier molecular flexibility index (Phi) is 6.37. The molecule has 1 fully saturated rings. The average Bonchev–Trinajstić information content (AvgIpc) is 2.85. The molecular weight excluding hydrogens is 446 g/mol. The van der Waals surface area contributed by atoms with Gasteiger partial charge >= 0.3 is 0 Å². The highest BCUT2D eigenvalue weighted by molar-refractivity contribution is 7.89. The maximum Gasteiger partial charge on any atom is 0.271 e. The smallest absolute Gasteiger partial charge is 0.271 e. The zero-order valence-corrected chi connectivity index (χ0v) is 18.2. The maximum atomic E-state index is 13.2. The summed E-state index contributed by atoms with van der Waals surface area (Å²) in [5, 5.41) is 20.2. The highest BCUT2D eigenvalue weighted by Gasteiger charge is 2.31. The lowest BCUT2D eigenvalue weighted by molar-refractivity contribution is -0.385. The van der Waals surface area contributed by atoms with Gasteiger partial charge < -0.3 is 9.47 Å². The average molecular weight is 465 g/mol. The van der Waals surface area contributed by atoms with Crippen LogP contribution in [0.15, 0.2) is 71.6 Å². The van der Waals surface area contributed by atoms with E-state index in [-0.39, 0.29) is 42.6 Å². The quantitative estimate of drug-likeness (QED) is 0.399. The Hall–Kier alpha value is -3.78. The van der Waals surface area contributed by atoms with Gasteiger partial charge in [0.25, 0.3) is 5.69 Å². The molecule has 1 heterocycles. The van der Waals surface area contributed by atoms with Crippen molar-refractivity contribution in [3.63, 3.8) is 0 Å². The van der Waals surface area contributed by atoms with Gasteiger partial charge in [0.05, 0.1) is 29.8 Å². The fourth-order valence-corrected chi connectivity index (χ4v) is 4.94. The minimum Gasteiger partial charge on any atom is -0.456 e. The molecule has 33 heavy (non-hydrogen) atoms. The summed E-state index contributed by atoms with van der Waals surface area (Å²) in [5.74, 6) is 0.373. The largest absolute Gasteiger partial charge is 0.456 e. The molecule has 1 saturated heterocycles. The van der Waals surface area contributed by atoms with Crippen LogP contribution >= 0.6 is 0 Å². The lowest BCUT2D eigenvalue weighted by Crippen LogP contribution is -2.40. The van der Waals surface area contributed by atoms with Gasteiger partial charge in [0.1, 0.15) is 16.4 Å². The van der Waals surface area contributed by atoms with Gasteiger partial charge in [-0.1, -0.05) is 24.3 Å². The Morgan fingerprint density at radius 3 is 2.15 bits per heavy atom. The van der Waals surface area contributed by atoms with Crippen molar-refractivity contribution in [2.45, 2.75) is 4.90 Å². The van der Waals surface area contributed by atoms with Gasteiger partial charge in [-0.05, 0) is 41.5 Å². The minimum absolute atomic E-state index is 0.00165. The third kappa shape index (κ3) is 4.85. The molecule has 4 rings (SSSR count). The molecule has 0 spiro atoms. The van der Waals surface area contributed by atoms with E-state index < -0.39 is 14.9 Å². The Morgan fingerprint density at radius 1 is 0.970 bits per heavy atom. The predicted molar refractivity (Wildman–Crippen MR) is 119 cm³/mol. The topological polar surface area (TPSA) is 123 Å².